The molecule has 1 aromatic rings. The van der Waals surface area contributed by atoms with Gasteiger partial charge in [0.25, 0.3) is 0 Å². The van der Waals surface area contributed by atoms with E-state index in [4.69, 9.17) is 23.1 Å². The van der Waals surface area contributed by atoms with Crippen molar-refractivity contribution in [1.82, 2.24) is 0 Å². The molecule has 0 atom stereocenters. The van der Waals surface area contributed by atoms with Crippen LogP contribution in [0.4, 0.5) is 0 Å². The molecule has 3 rings (SSSR count). The summed E-state index contributed by atoms with van der Waals surface area (Å²) in [4.78, 5) is 0. The summed E-state index contributed by atoms with van der Waals surface area (Å²) in [6.45, 7) is 2.15. The molecule has 0 saturated carbocycles. The molecule has 0 fully saturated rings. The first-order chi connectivity index (χ1) is 9.36. The van der Waals surface area contributed by atoms with Gasteiger partial charge in [-0.1, -0.05) is 0 Å². The molecule has 0 spiro atoms. The minimum atomic E-state index is -4.94. The van der Waals surface area contributed by atoms with E-state index in [1.54, 1.807) is 16.7 Å². The van der Waals surface area contributed by atoms with Crippen molar-refractivity contribution in [2.24, 2.45) is 0 Å². The molecule has 20 heavy (non-hydrogen) atoms. The average molecular weight is 303 g/mol. The van der Waals surface area contributed by atoms with Gasteiger partial charge in [0.15, 0.2) is 0 Å². The Labute approximate surface area is 120 Å². The minimum absolute atomic E-state index is 1.17. The lowest BCUT2D eigenvalue weighted by atomic mass is 9.83. The highest BCUT2D eigenvalue weighted by Crippen LogP contribution is 2.33. The molecule has 1 heterocycles. The average Bonchev–Trinajstić information content (AvgIpc) is 2.37. The fourth-order valence-corrected chi connectivity index (χ4v) is 3.18. The van der Waals surface area contributed by atoms with E-state index in [0.29, 0.717) is 0 Å². The maximum absolute atomic E-state index is 8.49. The molecule has 2 aliphatic rings. The Balaban J connectivity index is 0.000000257. The summed E-state index contributed by atoms with van der Waals surface area (Å²) in [5, 5.41) is 0. The largest absolute Gasteiger partial charge is 0.332 e. The molecule has 0 N–H and O–H groups in total. The Kier molecular flexibility index (Phi) is 4.99. The second kappa shape index (κ2) is 6.37. The minimum Gasteiger partial charge on any atom is -0.222 e. The highest BCUT2D eigenvalue weighted by Gasteiger charge is 2.30. The van der Waals surface area contributed by atoms with Crippen molar-refractivity contribution >= 4 is 0 Å². The van der Waals surface area contributed by atoms with Crippen molar-refractivity contribution in [2.75, 3.05) is 0 Å². The standard InChI is InChI=1S/C14H19O.ClHO4/c1-10-11-6-2-3-7-12(11)13-8-4-5-9-14(13)15-10;2-1(3,4)5/h2-9H2,1H3;(H,2,3,4,5)/q+1;/p-1. The number of aryl methyl sites for hydroxylation is 2. The highest BCUT2D eigenvalue weighted by atomic mass is 35.7. The molecule has 0 aliphatic heterocycles. The molecule has 5 nitrogen and oxygen atoms in total. The SMILES string of the molecule is Cc1[o+]c2c(c3c1CCCC3)CCCC2.[O-][Cl+3]([O-])([O-])[O-]. The van der Waals surface area contributed by atoms with Crippen molar-refractivity contribution in [3.63, 3.8) is 0 Å². The maximum atomic E-state index is 8.49. The van der Waals surface area contributed by atoms with Gasteiger partial charge in [0.1, 0.15) is 0 Å². The van der Waals surface area contributed by atoms with Crippen molar-refractivity contribution in [3.8, 4) is 0 Å². The molecule has 6 heteroatoms. The molecule has 112 valence electrons. The van der Waals surface area contributed by atoms with E-state index in [2.05, 4.69) is 6.92 Å². The van der Waals surface area contributed by atoms with Crippen molar-refractivity contribution in [3.05, 3.63) is 28.2 Å². The third kappa shape index (κ3) is 4.14. The molecular formula is C14H19ClO5. The molecule has 0 bridgehead atoms. The molecule has 2 aliphatic carbocycles. The molecule has 0 amide bonds. The Morgan fingerprint density at radius 2 is 1.20 bits per heavy atom. The monoisotopic (exact) mass is 302 g/mol. The third-order valence-electron chi connectivity index (χ3n) is 3.95. The van der Waals surface area contributed by atoms with Crippen LogP contribution in [0, 0.1) is 17.2 Å². The van der Waals surface area contributed by atoms with E-state index < -0.39 is 10.2 Å². The van der Waals surface area contributed by atoms with Crippen molar-refractivity contribution in [2.45, 2.75) is 58.3 Å². The normalized spacial score (nSPS) is 17.6. The predicted molar refractivity (Wildman–Crippen MR) is 61.1 cm³/mol. The smallest absolute Gasteiger partial charge is 0.222 e. The zero-order valence-corrected chi connectivity index (χ0v) is 12.3. The van der Waals surface area contributed by atoms with Crippen LogP contribution in [-0.4, -0.2) is 0 Å². The van der Waals surface area contributed by atoms with Crippen LogP contribution in [0.5, 0.6) is 0 Å². The quantitative estimate of drug-likeness (QED) is 0.564. The fourth-order valence-electron chi connectivity index (χ4n) is 3.18. The number of hydrogen-bond acceptors (Lipinski definition) is 4. The third-order valence-corrected chi connectivity index (χ3v) is 3.95. The molecular weight excluding hydrogens is 284 g/mol. The summed E-state index contributed by atoms with van der Waals surface area (Å²) in [5.74, 6) is 2.50. The Morgan fingerprint density at radius 1 is 0.750 bits per heavy atom. The highest BCUT2D eigenvalue weighted by molar-refractivity contribution is 5.40. The van der Waals surface area contributed by atoms with Crippen molar-refractivity contribution < 1.29 is 33.3 Å². The van der Waals surface area contributed by atoms with Gasteiger partial charge in [0.05, 0.1) is 24.5 Å². The number of halogens is 1. The van der Waals surface area contributed by atoms with Gasteiger partial charge in [-0.2, -0.15) is 0 Å². The summed E-state index contributed by atoms with van der Waals surface area (Å²) in [6, 6.07) is 0. The zero-order chi connectivity index (χ0) is 14.8. The van der Waals surface area contributed by atoms with Gasteiger partial charge in [-0.15, -0.1) is 10.2 Å². The van der Waals surface area contributed by atoms with E-state index in [1.807, 2.05) is 0 Å². The van der Waals surface area contributed by atoms with Gasteiger partial charge in [-0.25, -0.2) is 23.1 Å². The fraction of sp³-hybridized carbons (Fsp3) is 0.643. The predicted octanol–water partition coefficient (Wildman–Crippen LogP) is -1.13. The van der Waals surface area contributed by atoms with Gasteiger partial charge in [-0.05, 0) is 50.5 Å². The summed E-state index contributed by atoms with van der Waals surface area (Å²) in [7, 11) is -4.94. The first-order valence-electron chi connectivity index (χ1n) is 6.94. The second-order valence-corrected chi connectivity index (χ2v) is 6.07. The Morgan fingerprint density at radius 3 is 1.80 bits per heavy atom. The molecule has 0 saturated heterocycles. The lowest BCUT2D eigenvalue weighted by Gasteiger charge is -2.19. The lowest BCUT2D eigenvalue weighted by Crippen LogP contribution is -2.68. The maximum Gasteiger partial charge on any atom is 0.332 e. The topological polar surface area (TPSA) is 104 Å². The second-order valence-electron chi connectivity index (χ2n) is 5.31. The molecule has 0 radical (unpaired) electrons. The summed E-state index contributed by atoms with van der Waals surface area (Å²) < 4.78 is 40.0. The van der Waals surface area contributed by atoms with Crippen molar-refractivity contribution in [1.29, 1.82) is 0 Å². The van der Waals surface area contributed by atoms with Crippen LogP contribution in [0.2, 0.25) is 0 Å². The first kappa shape index (κ1) is 15.7. The van der Waals surface area contributed by atoms with Gasteiger partial charge in [0.2, 0.25) is 0 Å². The molecule has 0 aromatic carbocycles. The summed E-state index contributed by atoms with van der Waals surface area (Å²) >= 11 is 0. The first-order valence-corrected chi connectivity index (χ1v) is 8.17. The van der Waals surface area contributed by atoms with E-state index in [-0.39, 0.29) is 0 Å². The Bertz CT molecular complexity index is 475. The Hall–Kier alpha value is -0.720. The van der Waals surface area contributed by atoms with Gasteiger partial charge in [0, 0.05) is 0 Å². The number of fused-ring (bicyclic) bond motifs is 3. The van der Waals surface area contributed by atoms with Gasteiger partial charge >= 0.3 is 11.5 Å². The number of rotatable bonds is 0. The van der Waals surface area contributed by atoms with Crippen LogP contribution in [-0.2, 0) is 25.7 Å². The van der Waals surface area contributed by atoms with Gasteiger partial charge < -0.3 is 0 Å². The summed E-state index contributed by atoms with van der Waals surface area (Å²) in [5.41, 5.74) is 4.79. The van der Waals surface area contributed by atoms with Crippen LogP contribution in [0.25, 0.3) is 0 Å². The van der Waals surface area contributed by atoms with Crippen LogP contribution < -0.4 is 18.6 Å². The van der Waals surface area contributed by atoms with E-state index in [9.17, 15) is 0 Å². The summed E-state index contributed by atoms with van der Waals surface area (Å²) in [6.07, 6.45) is 10.4. The van der Waals surface area contributed by atoms with E-state index >= 15 is 0 Å². The lowest BCUT2D eigenvalue weighted by molar-refractivity contribution is -2.00. The molecule has 0 unspecified atom stereocenters. The zero-order valence-electron chi connectivity index (χ0n) is 11.6. The van der Waals surface area contributed by atoms with E-state index in [0.717, 1.165) is 0 Å². The van der Waals surface area contributed by atoms with E-state index in [1.165, 1.54) is 62.9 Å². The van der Waals surface area contributed by atoms with Crippen LogP contribution in [0.3, 0.4) is 0 Å². The molecule has 1 aromatic heterocycles. The van der Waals surface area contributed by atoms with Crippen LogP contribution in [0.1, 0.15) is 53.9 Å². The van der Waals surface area contributed by atoms with Gasteiger partial charge in [-0.3, -0.25) is 0 Å². The van der Waals surface area contributed by atoms with Crippen LogP contribution in [0.15, 0.2) is 4.42 Å². The number of hydrogen-bond donors (Lipinski definition) is 0. The van der Waals surface area contributed by atoms with Crippen LogP contribution >= 0.6 is 0 Å².